The largest absolute Gasteiger partial charge is 0.480 e. The number of carboxylic acid groups (broad SMARTS) is 1. The van der Waals surface area contributed by atoms with Gasteiger partial charge in [0.25, 0.3) is 0 Å². The molecule has 5 nitrogen and oxygen atoms in total. The number of anilines is 2. The Labute approximate surface area is 191 Å². The van der Waals surface area contributed by atoms with Crippen LogP contribution in [0.5, 0.6) is 0 Å². The van der Waals surface area contributed by atoms with Crippen LogP contribution in [0.25, 0.3) is 0 Å². The molecule has 0 aliphatic carbocycles. The summed E-state index contributed by atoms with van der Waals surface area (Å²) >= 11 is 1.50. The predicted molar refractivity (Wildman–Crippen MR) is 134 cm³/mol. The summed E-state index contributed by atoms with van der Waals surface area (Å²) < 4.78 is 0. The Balaban J connectivity index is 2.52. The Morgan fingerprint density at radius 2 is 1.68 bits per heavy atom. The van der Waals surface area contributed by atoms with Crippen molar-refractivity contribution < 1.29 is 14.7 Å². The lowest BCUT2D eigenvalue weighted by atomic mass is 10.1. The average molecular weight is 445 g/mol. The third-order valence-corrected chi connectivity index (χ3v) is 5.85. The molecule has 0 bridgehead atoms. The van der Waals surface area contributed by atoms with Crippen LogP contribution in [0.4, 0.5) is 11.4 Å². The van der Waals surface area contributed by atoms with Gasteiger partial charge in [-0.2, -0.15) is 11.8 Å². The number of rotatable bonds is 14. The fourth-order valence-electron chi connectivity index (χ4n) is 3.01. The highest BCUT2D eigenvalue weighted by Crippen LogP contribution is 2.25. The Hall–Kier alpha value is -2.47. The minimum atomic E-state index is -1.04. The first-order valence-electron chi connectivity index (χ1n) is 10.6. The van der Waals surface area contributed by atoms with Crippen LogP contribution in [0.15, 0.2) is 59.2 Å². The van der Waals surface area contributed by atoms with E-state index in [2.05, 4.69) is 45.9 Å². The van der Waals surface area contributed by atoms with Crippen molar-refractivity contribution in [1.82, 2.24) is 0 Å². The average Bonchev–Trinajstić information content (AvgIpc) is 2.70. The minimum absolute atomic E-state index is 0.287. The third kappa shape index (κ3) is 10.4. The zero-order valence-electron chi connectivity index (χ0n) is 19.1. The first-order valence-corrected chi connectivity index (χ1v) is 11.7. The summed E-state index contributed by atoms with van der Waals surface area (Å²) in [7, 11) is 0. The van der Waals surface area contributed by atoms with E-state index in [-0.39, 0.29) is 5.75 Å². The molecule has 0 aliphatic rings. The number of carboxylic acids is 1. The fourth-order valence-corrected chi connectivity index (χ4v) is 4.08. The number of thioether (sulfide) groups is 1. The van der Waals surface area contributed by atoms with E-state index in [1.807, 2.05) is 0 Å². The number of carbonyl (C=O) groups is 2. The Morgan fingerprint density at radius 1 is 1.06 bits per heavy atom. The second-order valence-corrected chi connectivity index (χ2v) is 9.00. The second kappa shape index (κ2) is 14.5. The van der Waals surface area contributed by atoms with Crippen molar-refractivity contribution in [2.75, 3.05) is 22.1 Å². The standard InChI is InChI=1S/C25H36N2O3S/c1-19(2)9-7-10-20(3)11-8-12-21(4)15-16-31-17-24(25(29)30)27(18-28)23-14-6-5-13-22(23)26/h5-6,9,11,13-15,18,24H,7-8,10,12,16-17,26H2,1-4H3,(H,29,30). The molecule has 1 rings (SSSR count). The van der Waals surface area contributed by atoms with Gasteiger partial charge < -0.3 is 10.8 Å². The zero-order valence-corrected chi connectivity index (χ0v) is 20.0. The van der Waals surface area contributed by atoms with Crippen molar-refractivity contribution in [3.8, 4) is 0 Å². The molecule has 1 amide bonds. The molecule has 0 aliphatic heterocycles. The van der Waals surface area contributed by atoms with Gasteiger partial charge in [-0.1, -0.05) is 47.1 Å². The van der Waals surface area contributed by atoms with Crippen molar-refractivity contribution in [2.45, 2.75) is 59.4 Å². The molecule has 1 unspecified atom stereocenters. The highest BCUT2D eigenvalue weighted by molar-refractivity contribution is 7.99. The van der Waals surface area contributed by atoms with E-state index in [9.17, 15) is 14.7 Å². The van der Waals surface area contributed by atoms with Gasteiger partial charge >= 0.3 is 5.97 Å². The van der Waals surface area contributed by atoms with Crippen molar-refractivity contribution in [2.24, 2.45) is 0 Å². The molecule has 31 heavy (non-hydrogen) atoms. The number of nitrogens with zero attached hydrogens (tertiary/aromatic N) is 1. The molecule has 0 aromatic heterocycles. The van der Waals surface area contributed by atoms with E-state index in [4.69, 9.17) is 5.73 Å². The molecular formula is C25H36N2O3S. The monoisotopic (exact) mass is 444 g/mol. The highest BCUT2D eigenvalue weighted by atomic mass is 32.2. The van der Waals surface area contributed by atoms with Crippen molar-refractivity contribution >= 4 is 35.5 Å². The molecule has 0 saturated heterocycles. The van der Waals surface area contributed by atoms with Gasteiger partial charge in [0.1, 0.15) is 6.04 Å². The van der Waals surface area contributed by atoms with Gasteiger partial charge in [-0.05, 0) is 65.5 Å². The molecule has 1 aromatic rings. The Bertz CT molecular complexity index is 811. The number of hydrogen-bond donors (Lipinski definition) is 2. The molecule has 3 N–H and O–H groups in total. The molecular weight excluding hydrogens is 408 g/mol. The summed E-state index contributed by atoms with van der Waals surface area (Å²) in [6, 6.07) is 5.83. The lowest BCUT2D eigenvalue weighted by Crippen LogP contribution is -2.42. The van der Waals surface area contributed by atoms with Crippen LogP contribution >= 0.6 is 11.8 Å². The predicted octanol–water partition coefficient (Wildman–Crippen LogP) is 5.84. The van der Waals surface area contributed by atoms with Gasteiger partial charge in [-0.25, -0.2) is 4.79 Å². The highest BCUT2D eigenvalue weighted by Gasteiger charge is 2.26. The van der Waals surface area contributed by atoms with E-state index in [0.29, 0.717) is 23.5 Å². The number of nitrogen functional groups attached to an aromatic ring is 1. The van der Waals surface area contributed by atoms with E-state index >= 15 is 0 Å². The minimum Gasteiger partial charge on any atom is -0.480 e. The summed E-state index contributed by atoms with van der Waals surface area (Å²) in [5.41, 5.74) is 10.8. The number of nitrogens with two attached hydrogens (primary N) is 1. The summed E-state index contributed by atoms with van der Waals surface area (Å²) in [5, 5.41) is 9.62. The van der Waals surface area contributed by atoms with Gasteiger partial charge in [-0.3, -0.25) is 9.69 Å². The summed E-state index contributed by atoms with van der Waals surface area (Å²) in [4.78, 5) is 24.5. The maximum atomic E-state index is 11.7. The van der Waals surface area contributed by atoms with E-state index in [1.54, 1.807) is 24.3 Å². The van der Waals surface area contributed by atoms with Crippen LogP contribution in [-0.2, 0) is 9.59 Å². The van der Waals surface area contributed by atoms with Crippen LogP contribution < -0.4 is 10.6 Å². The number of amides is 1. The van der Waals surface area contributed by atoms with Crippen LogP contribution in [0.2, 0.25) is 0 Å². The summed E-state index contributed by atoms with van der Waals surface area (Å²) in [6.45, 7) is 8.52. The molecule has 170 valence electrons. The Kier molecular flexibility index (Phi) is 12.4. The molecule has 0 heterocycles. The molecule has 6 heteroatoms. The number of carbonyl (C=O) groups excluding carboxylic acids is 1. The number of allylic oxidation sites excluding steroid dienone is 5. The smallest absolute Gasteiger partial charge is 0.327 e. The zero-order chi connectivity index (χ0) is 23.2. The maximum absolute atomic E-state index is 11.7. The second-order valence-electron chi connectivity index (χ2n) is 7.92. The lowest BCUT2D eigenvalue weighted by Gasteiger charge is -2.25. The third-order valence-electron chi connectivity index (χ3n) is 4.90. The van der Waals surface area contributed by atoms with Crippen molar-refractivity contribution in [1.29, 1.82) is 0 Å². The fraction of sp³-hybridized carbons (Fsp3) is 0.440. The first kappa shape index (κ1) is 26.6. The van der Waals surface area contributed by atoms with Crippen molar-refractivity contribution in [3.63, 3.8) is 0 Å². The maximum Gasteiger partial charge on any atom is 0.327 e. The number of benzene rings is 1. The van der Waals surface area contributed by atoms with Gasteiger partial charge in [0, 0.05) is 11.5 Å². The number of para-hydroxylation sites is 2. The number of aliphatic carboxylic acids is 1. The van der Waals surface area contributed by atoms with Crippen LogP contribution in [0, 0.1) is 0 Å². The SMILES string of the molecule is CC(C)=CCCC(C)=CCCC(C)=CCSCC(C(=O)O)N(C=O)c1ccccc1N. The molecule has 0 fully saturated rings. The van der Waals surface area contributed by atoms with Gasteiger partial charge in [-0.15, -0.1) is 0 Å². The lowest BCUT2D eigenvalue weighted by molar-refractivity contribution is -0.138. The van der Waals surface area contributed by atoms with Crippen molar-refractivity contribution in [3.05, 3.63) is 59.2 Å². The molecule has 0 saturated carbocycles. The first-order chi connectivity index (χ1) is 14.8. The normalized spacial score (nSPS) is 12.9. The van der Waals surface area contributed by atoms with Gasteiger partial charge in [0.05, 0.1) is 11.4 Å². The van der Waals surface area contributed by atoms with Gasteiger partial charge in [0.2, 0.25) is 6.41 Å². The van der Waals surface area contributed by atoms with Crippen LogP contribution in [-0.4, -0.2) is 35.0 Å². The molecule has 0 radical (unpaired) electrons. The molecule has 1 atom stereocenters. The Morgan fingerprint density at radius 3 is 2.26 bits per heavy atom. The quantitative estimate of drug-likeness (QED) is 0.163. The van der Waals surface area contributed by atoms with Gasteiger partial charge in [0.15, 0.2) is 0 Å². The summed E-state index contributed by atoms with van der Waals surface area (Å²) in [6.07, 6.45) is 11.4. The van der Waals surface area contributed by atoms with E-state index in [1.165, 1.54) is 33.4 Å². The van der Waals surface area contributed by atoms with Crippen LogP contribution in [0.1, 0.15) is 53.4 Å². The van der Waals surface area contributed by atoms with Crippen LogP contribution in [0.3, 0.4) is 0 Å². The topological polar surface area (TPSA) is 83.6 Å². The van der Waals surface area contributed by atoms with E-state index in [0.717, 1.165) is 25.7 Å². The number of hydrogen-bond acceptors (Lipinski definition) is 4. The van der Waals surface area contributed by atoms with E-state index < -0.39 is 12.0 Å². The molecule has 0 spiro atoms. The molecule has 1 aromatic carbocycles. The summed E-state index contributed by atoms with van der Waals surface area (Å²) in [5.74, 6) is -0.0527.